The normalized spacial score (nSPS) is 19.5. The molecule has 0 bridgehead atoms. The topological polar surface area (TPSA) is 62.3 Å². The van der Waals surface area contributed by atoms with E-state index in [9.17, 15) is 14.0 Å². The summed E-state index contributed by atoms with van der Waals surface area (Å²) >= 11 is 0. The van der Waals surface area contributed by atoms with Crippen LogP contribution in [0.4, 0.5) is 4.39 Å². The van der Waals surface area contributed by atoms with Gasteiger partial charge in [0.05, 0.1) is 0 Å². The lowest BCUT2D eigenvalue weighted by Crippen LogP contribution is -2.40. The van der Waals surface area contributed by atoms with Crippen LogP contribution in [0.25, 0.3) is 6.08 Å². The van der Waals surface area contributed by atoms with Gasteiger partial charge < -0.3 is 10.2 Å². The molecule has 2 aromatic rings. The molecular weight excluding hydrogens is 393 g/mol. The lowest BCUT2D eigenvalue weighted by Gasteiger charge is -2.32. The Balaban J connectivity index is 1.18. The molecule has 1 atom stereocenters. The summed E-state index contributed by atoms with van der Waals surface area (Å²) in [6.07, 6.45) is 11.4. The maximum absolute atomic E-state index is 13.0. The van der Waals surface area contributed by atoms with Crippen LogP contribution < -0.4 is 5.32 Å². The van der Waals surface area contributed by atoms with Gasteiger partial charge in [-0.25, -0.2) is 4.39 Å². The van der Waals surface area contributed by atoms with Crippen molar-refractivity contribution in [1.82, 2.24) is 15.2 Å². The summed E-state index contributed by atoms with van der Waals surface area (Å²) in [5.41, 5.74) is 2.11. The summed E-state index contributed by atoms with van der Waals surface area (Å²) in [5, 5.41) is 3.09. The molecule has 1 saturated heterocycles. The van der Waals surface area contributed by atoms with Gasteiger partial charge in [-0.15, -0.1) is 0 Å². The molecule has 1 aliphatic heterocycles. The molecule has 1 aromatic heterocycles. The van der Waals surface area contributed by atoms with Crippen molar-refractivity contribution in [2.45, 2.75) is 32.1 Å². The van der Waals surface area contributed by atoms with Crippen LogP contribution in [0.3, 0.4) is 0 Å². The van der Waals surface area contributed by atoms with Crippen molar-refractivity contribution in [3.8, 4) is 0 Å². The predicted molar refractivity (Wildman–Crippen MR) is 117 cm³/mol. The van der Waals surface area contributed by atoms with Crippen molar-refractivity contribution in [2.24, 2.45) is 11.3 Å². The van der Waals surface area contributed by atoms with E-state index in [1.807, 2.05) is 17.0 Å². The Hall–Kier alpha value is -3.02. The highest BCUT2D eigenvalue weighted by Crippen LogP contribution is 2.59. The Kier molecular flexibility index (Phi) is 6.44. The van der Waals surface area contributed by atoms with Gasteiger partial charge in [0, 0.05) is 44.0 Å². The Morgan fingerprint density at radius 2 is 1.84 bits per heavy atom. The van der Waals surface area contributed by atoms with Crippen molar-refractivity contribution < 1.29 is 14.0 Å². The third-order valence-electron chi connectivity index (χ3n) is 6.56. The number of likely N-dealkylation sites (tertiary alicyclic amines) is 1. The Morgan fingerprint density at radius 1 is 1.13 bits per heavy atom. The molecule has 31 heavy (non-hydrogen) atoms. The van der Waals surface area contributed by atoms with Crippen LogP contribution in [-0.4, -0.2) is 41.3 Å². The second kappa shape index (κ2) is 9.41. The Bertz CT molecular complexity index is 935. The zero-order valence-corrected chi connectivity index (χ0v) is 17.6. The lowest BCUT2D eigenvalue weighted by molar-refractivity contribution is -0.127. The van der Waals surface area contributed by atoms with Crippen molar-refractivity contribution in [3.63, 3.8) is 0 Å². The minimum atomic E-state index is -0.290. The van der Waals surface area contributed by atoms with E-state index in [1.54, 1.807) is 36.7 Å². The summed E-state index contributed by atoms with van der Waals surface area (Å²) < 4.78 is 13.0. The molecule has 2 amide bonds. The minimum absolute atomic E-state index is 0.0306. The molecule has 162 valence electrons. The first-order chi connectivity index (χ1) is 15.1. The molecule has 2 aliphatic rings. The highest BCUT2D eigenvalue weighted by Gasteiger charge is 2.58. The van der Waals surface area contributed by atoms with Gasteiger partial charge in [-0.05, 0) is 79.0 Å². The molecule has 1 spiro atoms. The smallest absolute Gasteiger partial charge is 0.246 e. The zero-order chi connectivity index (χ0) is 21.7. The van der Waals surface area contributed by atoms with Gasteiger partial charge in [0.25, 0.3) is 0 Å². The van der Waals surface area contributed by atoms with E-state index in [0.717, 1.165) is 37.7 Å². The Morgan fingerprint density at radius 3 is 2.55 bits per heavy atom. The quantitative estimate of drug-likeness (QED) is 0.549. The maximum Gasteiger partial charge on any atom is 0.246 e. The maximum atomic E-state index is 13.0. The van der Waals surface area contributed by atoms with Gasteiger partial charge in [-0.1, -0.05) is 12.1 Å². The molecule has 2 fully saturated rings. The van der Waals surface area contributed by atoms with Crippen molar-refractivity contribution >= 4 is 17.9 Å². The van der Waals surface area contributed by atoms with Gasteiger partial charge in [0.2, 0.25) is 11.8 Å². The standard InChI is InChI=1S/C25H28FN3O2/c26-21-6-3-20(4-7-21)5-8-23(30)29-16-11-25(12-17-29)18-22(25)24(31)28-13-1-2-19-9-14-27-15-10-19/h3-10,14-15,22H,1-2,11-13,16-18H2,(H,28,31). The number of nitrogens with zero attached hydrogens (tertiary/aromatic N) is 2. The molecule has 1 aliphatic carbocycles. The summed E-state index contributed by atoms with van der Waals surface area (Å²) in [5.74, 6) is -0.0790. The third kappa shape index (κ3) is 5.37. The van der Waals surface area contributed by atoms with Gasteiger partial charge >= 0.3 is 0 Å². The van der Waals surface area contributed by atoms with E-state index >= 15 is 0 Å². The summed E-state index contributed by atoms with van der Waals surface area (Å²) in [4.78, 5) is 30.9. The van der Waals surface area contributed by atoms with E-state index < -0.39 is 0 Å². The number of carbonyl (C=O) groups is 2. The molecule has 0 radical (unpaired) electrons. The van der Waals surface area contributed by atoms with Crippen LogP contribution in [0.15, 0.2) is 54.9 Å². The number of halogens is 1. The van der Waals surface area contributed by atoms with Crippen molar-refractivity contribution in [2.75, 3.05) is 19.6 Å². The SMILES string of the molecule is O=C(NCCCc1ccncc1)C1CC12CCN(C(=O)C=Cc1ccc(F)cc1)CC2. The number of hydrogen-bond donors (Lipinski definition) is 1. The molecule has 6 heteroatoms. The third-order valence-corrected chi connectivity index (χ3v) is 6.56. The summed E-state index contributed by atoms with van der Waals surface area (Å²) in [6, 6.07) is 10.1. The molecule has 4 rings (SSSR count). The van der Waals surface area contributed by atoms with Crippen LogP contribution in [0, 0.1) is 17.2 Å². The molecule has 1 N–H and O–H groups in total. The van der Waals surface area contributed by atoms with E-state index in [0.29, 0.717) is 19.6 Å². The molecule has 2 heterocycles. The van der Waals surface area contributed by atoms with Crippen molar-refractivity contribution in [1.29, 1.82) is 0 Å². The molecule has 1 unspecified atom stereocenters. The van der Waals surface area contributed by atoms with E-state index in [4.69, 9.17) is 0 Å². The average molecular weight is 422 g/mol. The van der Waals surface area contributed by atoms with E-state index in [1.165, 1.54) is 17.7 Å². The highest BCUT2D eigenvalue weighted by atomic mass is 19.1. The fraction of sp³-hybridized carbons (Fsp3) is 0.400. The molecular formula is C25H28FN3O2. The average Bonchev–Trinajstić information content (AvgIpc) is 3.50. The second-order valence-electron chi connectivity index (χ2n) is 8.58. The van der Waals surface area contributed by atoms with Gasteiger partial charge in [-0.2, -0.15) is 0 Å². The predicted octanol–water partition coefficient (Wildman–Crippen LogP) is 3.61. The van der Waals surface area contributed by atoms with Gasteiger partial charge in [0.15, 0.2) is 0 Å². The first-order valence-corrected chi connectivity index (χ1v) is 10.9. The number of amides is 2. The van der Waals surface area contributed by atoms with E-state index in [2.05, 4.69) is 10.3 Å². The molecule has 5 nitrogen and oxygen atoms in total. The van der Waals surface area contributed by atoms with Crippen molar-refractivity contribution in [3.05, 3.63) is 71.8 Å². The molecule has 1 aromatic carbocycles. The number of rotatable bonds is 7. The summed E-state index contributed by atoms with van der Waals surface area (Å²) in [6.45, 7) is 2.04. The molecule has 1 saturated carbocycles. The highest BCUT2D eigenvalue weighted by molar-refractivity contribution is 5.92. The number of carbonyl (C=O) groups excluding carboxylic acids is 2. The van der Waals surface area contributed by atoms with Crippen LogP contribution in [0.2, 0.25) is 0 Å². The number of pyridine rings is 1. The first kappa shape index (κ1) is 21.2. The summed E-state index contributed by atoms with van der Waals surface area (Å²) in [7, 11) is 0. The van der Waals surface area contributed by atoms with E-state index in [-0.39, 0.29) is 29.0 Å². The van der Waals surface area contributed by atoms with Gasteiger partial charge in [0.1, 0.15) is 5.82 Å². The number of piperidine rings is 1. The fourth-order valence-electron chi connectivity index (χ4n) is 4.47. The zero-order valence-electron chi connectivity index (χ0n) is 17.6. The first-order valence-electron chi connectivity index (χ1n) is 10.9. The van der Waals surface area contributed by atoms with Crippen LogP contribution >= 0.6 is 0 Å². The van der Waals surface area contributed by atoms with Crippen LogP contribution in [0.5, 0.6) is 0 Å². The Labute approximate surface area is 182 Å². The van der Waals surface area contributed by atoms with Gasteiger partial charge in [-0.3, -0.25) is 14.6 Å². The fourth-order valence-corrected chi connectivity index (χ4v) is 4.47. The number of nitrogens with one attached hydrogen (secondary N) is 1. The second-order valence-corrected chi connectivity index (χ2v) is 8.58. The number of aromatic nitrogens is 1. The lowest BCUT2D eigenvalue weighted by atomic mass is 9.90. The van der Waals surface area contributed by atoms with Crippen LogP contribution in [0.1, 0.15) is 36.8 Å². The number of benzene rings is 1. The largest absolute Gasteiger partial charge is 0.356 e. The number of aryl methyl sites for hydroxylation is 1. The minimum Gasteiger partial charge on any atom is -0.356 e. The van der Waals surface area contributed by atoms with Crippen LogP contribution in [-0.2, 0) is 16.0 Å². The monoisotopic (exact) mass is 421 g/mol. The number of hydrogen-bond acceptors (Lipinski definition) is 3.